The summed E-state index contributed by atoms with van der Waals surface area (Å²) >= 11 is 0. The van der Waals surface area contributed by atoms with Crippen LogP contribution in [0.3, 0.4) is 0 Å². The van der Waals surface area contributed by atoms with E-state index in [4.69, 9.17) is 9.42 Å². The lowest BCUT2D eigenvalue weighted by atomic mass is 9.78. The average Bonchev–Trinajstić information content (AvgIpc) is 2.43. The standard InChI is InChI=1S/C15H23O4P.C4H10/c1-14(2,3)11-7-10(9-19-20(17)18)8-12(13(11)16)15(4,5)6;1-3-4-2/h7-8H,9H2,1-6H3,(H-,16,17,18);3-4H2,1-2H3/p+1. The first kappa shape index (κ1) is 23.0. The zero-order valence-corrected chi connectivity index (χ0v) is 17.3. The minimum Gasteiger partial charge on any atom is -0.507 e. The molecule has 0 heterocycles. The van der Waals surface area contributed by atoms with E-state index in [0.29, 0.717) is 5.75 Å². The summed E-state index contributed by atoms with van der Waals surface area (Å²) in [6.45, 7) is 16.5. The smallest absolute Gasteiger partial charge is 0.507 e. The number of aromatic hydroxyl groups is 1. The van der Waals surface area contributed by atoms with Gasteiger partial charge in [-0.15, -0.1) is 9.42 Å². The van der Waals surface area contributed by atoms with Crippen LogP contribution >= 0.6 is 8.25 Å². The molecule has 1 atom stereocenters. The fourth-order valence-corrected chi connectivity index (χ4v) is 2.31. The summed E-state index contributed by atoms with van der Waals surface area (Å²) in [5.74, 6) is 0.294. The zero-order chi connectivity index (χ0) is 19.1. The van der Waals surface area contributed by atoms with Gasteiger partial charge in [0.15, 0.2) is 0 Å². The fraction of sp³-hybridized carbons (Fsp3) is 0.684. The molecule has 0 radical (unpaired) electrons. The van der Waals surface area contributed by atoms with Crippen LogP contribution in [0.1, 0.15) is 84.9 Å². The number of phenolic OH excluding ortho intramolecular Hbond substituents is 1. The molecule has 138 valence electrons. The van der Waals surface area contributed by atoms with Gasteiger partial charge in [-0.1, -0.05) is 68.2 Å². The van der Waals surface area contributed by atoms with Crippen LogP contribution in [-0.2, 0) is 26.5 Å². The molecule has 0 saturated carbocycles. The minimum atomic E-state index is -2.62. The second kappa shape index (κ2) is 9.50. The van der Waals surface area contributed by atoms with Crippen molar-refractivity contribution in [2.75, 3.05) is 0 Å². The van der Waals surface area contributed by atoms with Crippen LogP contribution in [-0.4, -0.2) is 10.00 Å². The number of phenols is 1. The molecule has 0 aromatic heterocycles. The van der Waals surface area contributed by atoms with Gasteiger partial charge in [0.25, 0.3) is 0 Å². The highest BCUT2D eigenvalue weighted by molar-refractivity contribution is 7.32. The van der Waals surface area contributed by atoms with Gasteiger partial charge in [-0.05, 0) is 39.7 Å². The van der Waals surface area contributed by atoms with E-state index in [9.17, 15) is 9.67 Å². The van der Waals surface area contributed by atoms with E-state index in [2.05, 4.69) is 13.8 Å². The maximum absolute atomic E-state index is 10.7. The number of benzene rings is 1. The highest BCUT2D eigenvalue weighted by Crippen LogP contribution is 2.40. The van der Waals surface area contributed by atoms with Crippen molar-refractivity contribution in [1.82, 2.24) is 0 Å². The summed E-state index contributed by atoms with van der Waals surface area (Å²) in [5, 5.41) is 10.5. The second-order valence-electron chi connectivity index (χ2n) is 8.05. The van der Waals surface area contributed by atoms with Gasteiger partial charge in [-0.2, -0.15) is 0 Å². The topological polar surface area (TPSA) is 66.8 Å². The van der Waals surface area contributed by atoms with E-state index in [0.717, 1.165) is 16.7 Å². The lowest BCUT2D eigenvalue weighted by Crippen LogP contribution is -2.18. The molecule has 2 N–H and O–H groups in total. The van der Waals surface area contributed by atoms with Crippen LogP contribution in [0.5, 0.6) is 5.75 Å². The van der Waals surface area contributed by atoms with E-state index in [-0.39, 0.29) is 17.4 Å². The lowest BCUT2D eigenvalue weighted by molar-refractivity contribution is 0.272. The molecule has 0 fully saturated rings. The molecule has 4 nitrogen and oxygen atoms in total. The number of hydrogen-bond acceptors (Lipinski definition) is 3. The maximum Gasteiger partial charge on any atom is 0.695 e. The van der Waals surface area contributed by atoms with Crippen LogP contribution in [0.4, 0.5) is 0 Å². The van der Waals surface area contributed by atoms with Crippen molar-refractivity contribution in [3.8, 4) is 5.75 Å². The summed E-state index contributed by atoms with van der Waals surface area (Å²) in [4.78, 5) is 8.76. The van der Waals surface area contributed by atoms with E-state index >= 15 is 0 Å². The second-order valence-corrected chi connectivity index (χ2v) is 8.78. The summed E-state index contributed by atoms with van der Waals surface area (Å²) in [6.07, 6.45) is 2.64. The Hall–Kier alpha value is -0.960. The SMILES string of the molecule is CC(C)(C)c1cc(CO[P+](=O)O)cc(C(C)(C)C)c1O.CCCC. The van der Waals surface area contributed by atoms with Gasteiger partial charge in [-0.3, -0.25) is 0 Å². The van der Waals surface area contributed by atoms with Crippen molar-refractivity contribution in [2.45, 2.75) is 85.7 Å². The quantitative estimate of drug-likeness (QED) is 0.652. The number of hydrogen-bond donors (Lipinski definition) is 2. The van der Waals surface area contributed by atoms with Crippen molar-refractivity contribution >= 4 is 8.25 Å². The molecule has 1 unspecified atom stereocenters. The van der Waals surface area contributed by atoms with Gasteiger partial charge in [-0.25, -0.2) is 0 Å². The number of rotatable bonds is 4. The van der Waals surface area contributed by atoms with Crippen LogP contribution in [0, 0.1) is 0 Å². The normalized spacial score (nSPS) is 12.5. The summed E-state index contributed by atoms with van der Waals surface area (Å²) in [7, 11) is -2.62. The van der Waals surface area contributed by atoms with Crippen molar-refractivity contribution in [3.05, 3.63) is 28.8 Å². The Bertz CT molecular complexity index is 502. The zero-order valence-electron chi connectivity index (χ0n) is 16.4. The molecule has 5 heteroatoms. The first-order chi connectivity index (χ1) is 10.8. The highest BCUT2D eigenvalue weighted by atomic mass is 31.1. The Morgan fingerprint density at radius 2 is 1.33 bits per heavy atom. The lowest BCUT2D eigenvalue weighted by Gasteiger charge is -2.28. The molecule has 0 aliphatic heterocycles. The van der Waals surface area contributed by atoms with Crippen molar-refractivity contribution < 1.29 is 19.1 Å². The first-order valence-corrected chi connectivity index (χ1v) is 9.63. The summed E-state index contributed by atoms with van der Waals surface area (Å²) in [5.41, 5.74) is 1.98. The van der Waals surface area contributed by atoms with Gasteiger partial charge in [0.1, 0.15) is 12.4 Å². The van der Waals surface area contributed by atoms with Crippen LogP contribution < -0.4 is 0 Å². The molecule has 0 bridgehead atoms. The monoisotopic (exact) mass is 357 g/mol. The molecular weight excluding hydrogens is 323 g/mol. The van der Waals surface area contributed by atoms with Gasteiger partial charge in [0.05, 0.1) is 0 Å². The van der Waals surface area contributed by atoms with Crippen LogP contribution in [0.2, 0.25) is 0 Å². The molecule has 0 aliphatic rings. The molecule has 24 heavy (non-hydrogen) atoms. The first-order valence-electron chi connectivity index (χ1n) is 8.50. The Kier molecular flexibility index (Phi) is 9.12. The molecule has 0 spiro atoms. The molecular formula is C19H34O4P+. The van der Waals surface area contributed by atoms with Crippen molar-refractivity contribution in [3.63, 3.8) is 0 Å². The minimum absolute atomic E-state index is 0.0537. The van der Waals surface area contributed by atoms with E-state index < -0.39 is 8.25 Å². The van der Waals surface area contributed by atoms with E-state index in [1.807, 2.05) is 53.7 Å². The third-order valence-corrected chi connectivity index (χ3v) is 3.98. The molecule has 1 rings (SSSR count). The predicted octanol–water partition coefficient (Wildman–Crippen LogP) is 5.96. The van der Waals surface area contributed by atoms with Crippen LogP contribution in [0.15, 0.2) is 12.1 Å². The molecule has 0 saturated heterocycles. The van der Waals surface area contributed by atoms with Crippen molar-refractivity contribution in [2.24, 2.45) is 0 Å². The Morgan fingerprint density at radius 1 is 0.958 bits per heavy atom. The largest absolute Gasteiger partial charge is 0.695 e. The maximum atomic E-state index is 10.7. The molecule has 1 aromatic carbocycles. The summed E-state index contributed by atoms with van der Waals surface area (Å²) in [6, 6.07) is 3.67. The van der Waals surface area contributed by atoms with Gasteiger partial charge in [0.2, 0.25) is 0 Å². The molecule has 0 aliphatic carbocycles. The van der Waals surface area contributed by atoms with Crippen LogP contribution in [0.25, 0.3) is 0 Å². The molecule has 0 amide bonds. The van der Waals surface area contributed by atoms with Gasteiger partial charge >= 0.3 is 8.25 Å². The van der Waals surface area contributed by atoms with E-state index in [1.54, 1.807) is 0 Å². The fourth-order valence-electron chi connectivity index (χ4n) is 2.05. The van der Waals surface area contributed by atoms with E-state index in [1.165, 1.54) is 12.8 Å². The Morgan fingerprint density at radius 3 is 1.58 bits per heavy atom. The third-order valence-electron chi connectivity index (χ3n) is 3.63. The predicted molar refractivity (Wildman–Crippen MR) is 101 cm³/mol. The van der Waals surface area contributed by atoms with Gasteiger partial charge in [0, 0.05) is 4.57 Å². The van der Waals surface area contributed by atoms with Crippen molar-refractivity contribution in [1.29, 1.82) is 0 Å². The Labute approximate surface area is 148 Å². The highest BCUT2D eigenvalue weighted by Gasteiger charge is 2.27. The average molecular weight is 357 g/mol. The third kappa shape index (κ3) is 7.74. The molecule has 1 aromatic rings. The summed E-state index contributed by atoms with van der Waals surface area (Å²) < 4.78 is 15.5. The number of unbranched alkanes of at least 4 members (excludes halogenated alkanes) is 1. The Balaban J connectivity index is 0.00000118. The van der Waals surface area contributed by atoms with Gasteiger partial charge < -0.3 is 5.11 Å².